The van der Waals surface area contributed by atoms with Crippen molar-refractivity contribution >= 4 is 50.9 Å². The molecule has 0 radical (unpaired) electrons. The number of carbonyl (C=O) groups is 3. The van der Waals surface area contributed by atoms with Gasteiger partial charge in [0.05, 0.1) is 16.5 Å². The maximum Gasteiger partial charge on any atom is 0.252 e. The van der Waals surface area contributed by atoms with Crippen LogP contribution in [-0.4, -0.2) is 49.1 Å². The van der Waals surface area contributed by atoms with Crippen LogP contribution in [0.4, 0.5) is 20.3 Å². The summed E-state index contributed by atoms with van der Waals surface area (Å²) in [5.41, 5.74) is 0.218. The van der Waals surface area contributed by atoms with E-state index in [1.807, 2.05) is 6.07 Å². The zero-order valence-electron chi connectivity index (χ0n) is 22.9. The van der Waals surface area contributed by atoms with E-state index in [9.17, 15) is 36.8 Å². The van der Waals surface area contributed by atoms with Crippen LogP contribution < -0.4 is 20.3 Å². The molecule has 2 fully saturated rings. The monoisotopic (exact) mass is 642 g/mol. The molecule has 1 unspecified atom stereocenters. The summed E-state index contributed by atoms with van der Waals surface area (Å²) >= 11 is 6.51. The van der Waals surface area contributed by atoms with Crippen molar-refractivity contribution in [3.05, 3.63) is 83.0 Å². The lowest BCUT2D eigenvalue weighted by atomic mass is 9.87. The zero-order valence-corrected chi connectivity index (χ0v) is 24.4. The molecule has 3 N–H and O–H groups in total. The second-order valence-electron chi connectivity index (χ2n) is 10.5. The Kier molecular flexibility index (Phi) is 8.39. The minimum atomic E-state index is -4.27. The van der Waals surface area contributed by atoms with Crippen molar-refractivity contribution in [2.24, 2.45) is 5.14 Å². The minimum absolute atomic E-state index is 0.00673. The molecular weight excluding hydrogens is 618 g/mol. The maximum absolute atomic E-state index is 14.6. The first kappa shape index (κ1) is 31.0. The van der Waals surface area contributed by atoms with E-state index in [4.69, 9.17) is 16.7 Å². The Labute approximate surface area is 256 Å². The lowest BCUT2D eigenvalue weighted by molar-refractivity contribution is -0.133. The van der Waals surface area contributed by atoms with Gasteiger partial charge in [-0.1, -0.05) is 35.9 Å². The van der Waals surface area contributed by atoms with Crippen LogP contribution in [0.3, 0.4) is 0 Å². The number of rotatable bonds is 8. The van der Waals surface area contributed by atoms with Gasteiger partial charge in [0, 0.05) is 47.8 Å². The largest absolute Gasteiger partial charge is 0.351 e. The van der Waals surface area contributed by atoms with Crippen molar-refractivity contribution in [1.82, 2.24) is 10.3 Å². The molecule has 44 heavy (non-hydrogen) atoms. The highest BCUT2D eigenvalue weighted by Gasteiger charge is 2.48. The number of aromatic nitrogens is 1. The molecule has 5 rings (SSSR count). The molecule has 228 valence electrons. The van der Waals surface area contributed by atoms with Gasteiger partial charge in [-0.2, -0.15) is 5.26 Å². The third-order valence-electron chi connectivity index (χ3n) is 7.42. The molecule has 0 bridgehead atoms. The SMILES string of the molecule is N#Cc1ccnc(N2C(=O)CC[C@H]2C(=O)N(c2cccc(S(N)(=O)=O)c2)C(C(=O)NC2CC(F)(F)C2)c2ccccc2Cl)c1. The van der Waals surface area contributed by atoms with E-state index in [0.717, 1.165) is 15.9 Å². The topological polar surface area (TPSA) is 167 Å². The highest BCUT2D eigenvalue weighted by Crippen LogP contribution is 2.40. The number of pyridine rings is 1. The summed E-state index contributed by atoms with van der Waals surface area (Å²) in [7, 11) is -4.27. The summed E-state index contributed by atoms with van der Waals surface area (Å²) in [5.74, 6) is -5.07. The predicted octanol–water partition coefficient (Wildman–Crippen LogP) is 3.44. The normalized spacial score (nSPS) is 18.7. The molecule has 3 aromatic rings. The van der Waals surface area contributed by atoms with E-state index in [0.29, 0.717) is 0 Å². The molecule has 11 nitrogen and oxygen atoms in total. The Morgan fingerprint density at radius 2 is 1.89 bits per heavy atom. The third-order valence-corrected chi connectivity index (χ3v) is 8.68. The van der Waals surface area contributed by atoms with E-state index < -0.39 is 64.6 Å². The Bertz CT molecular complexity index is 1790. The van der Waals surface area contributed by atoms with Gasteiger partial charge in [0.15, 0.2) is 0 Å². The van der Waals surface area contributed by atoms with Crippen molar-refractivity contribution in [2.75, 3.05) is 9.80 Å². The standard InChI is InChI=1S/C29H25ClF2N6O5S/c30-22-7-2-1-6-21(22)26(27(40)36-18-14-29(31,32)15-18)37(19-4-3-5-20(13-19)44(34,42)43)28(41)23-8-9-25(39)38(23)24-12-17(16-33)10-11-35-24/h1-7,10-13,18,23,26H,8-9,14-15H2,(H,36,40)(H2,34,42,43)/t23-,26?/m0/s1. The Hall–Kier alpha value is -4.45. The summed E-state index contributed by atoms with van der Waals surface area (Å²) in [6.07, 6.45) is 0.0271. The van der Waals surface area contributed by atoms with Gasteiger partial charge in [0.2, 0.25) is 21.8 Å². The van der Waals surface area contributed by atoms with Crippen molar-refractivity contribution in [3.8, 4) is 6.07 Å². The number of benzene rings is 2. The molecule has 0 spiro atoms. The first-order chi connectivity index (χ1) is 20.8. The second-order valence-corrected chi connectivity index (χ2v) is 12.4. The number of sulfonamides is 1. The number of alkyl halides is 2. The number of halogens is 3. The van der Waals surface area contributed by atoms with Gasteiger partial charge >= 0.3 is 0 Å². The van der Waals surface area contributed by atoms with E-state index in [-0.39, 0.29) is 45.4 Å². The highest BCUT2D eigenvalue weighted by molar-refractivity contribution is 7.89. The second kappa shape index (κ2) is 11.9. The summed E-state index contributed by atoms with van der Waals surface area (Å²) in [6.45, 7) is 0. The first-order valence-electron chi connectivity index (χ1n) is 13.4. The number of hydrogen-bond acceptors (Lipinski definition) is 7. The molecule has 1 aliphatic heterocycles. The average Bonchev–Trinajstić information content (AvgIpc) is 3.36. The van der Waals surface area contributed by atoms with Crippen molar-refractivity contribution in [1.29, 1.82) is 5.26 Å². The number of anilines is 2. The molecule has 15 heteroatoms. The highest BCUT2D eigenvalue weighted by atomic mass is 35.5. The molecule has 1 saturated heterocycles. The third kappa shape index (κ3) is 6.26. The van der Waals surface area contributed by atoms with Gasteiger partial charge in [0.25, 0.3) is 11.8 Å². The van der Waals surface area contributed by atoms with Crippen LogP contribution in [0, 0.1) is 11.3 Å². The summed E-state index contributed by atoms with van der Waals surface area (Å²) in [5, 5.41) is 17.4. The van der Waals surface area contributed by atoms with Crippen LogP contribution in [0.25, 0.3) is 0 Å². The fourth-order valence-corrected chi connectivity index (χ4v) is 6.13. The molecule has 1 aliphatic carbocycles. The Morgan fingerprint density at radius 1 is 1.16 bits per heavy atom. The Balaban J connectivity index is 1.66. The van der Waals surface area contributed by atoms with Crippen LogP contribution in [-0.2, 0) is 24.4 Å². The number of nitrogens with one attached hydrogen (secondary N) is 1. The predicted molar refractivity (Wildman–Crippen MR) is 155 cm³/mol. The molecule has 2 heterocycles. The molecule has 2 atom stereocenters. The maximum atomic E-state index is 14.6. The quantitative estimate of drug-likeness (QED) is 0.380. The van der Waals surface area contributed by atoms with Crippen LogP contribution in [0.2, 0.25) is 5.02 Å². The number of nitriles is 1. The fraction of sp³-hybridized carbons (Fsp3) is 0.276. The average molecular weight is 643 g/mol. The minimum Gasteiger partial charge on any atom is -0.351 e. The van der Waals surface area contributed by atoms with Crippen molar-refractivity contribution in [2.45, 2.75) is 54.6 Å². The lowest BCUT2D eigenvalue weighted by Gasteiger charge is -2.39. The van der Waals surface area contributed by atoms with Crippen molar-refractivity contribution in [3.63, 3.8) is 0 Å². The fourth-order valence-electron chi connectivity index (χ4n) is 5.34. The van der Waals surface area contributed by atoms with Crippen molar-refractivity contribution < 1.29 is 31.6 Å². The van der Waals surface area contributed by atoms with Crippen LogP contribution in [0.15, 0.2) is 71.8 Å². The number of primary sulfonamides is 1. The van der Waals surface area contributed by atoms with Gasteiger partial charge in [-0.3, -0.25) is 24.2 Å². The van der Waals surface area contributed by atoms with E-state index in [2.05, 4.69) is 10.3 Å². The molecular formula is C29H25ClF2N6O5S. The smallest absolute Gasteiger partial charge is 0.252 e. The van der Waals surface area contributed by atoms with Gasteiger partial charge in [-0.05, 0) is 42.8 Å². The van der Waals surface area contributed by atoms with Crippen LogP contribution in [0.1, 0.15) is 42.9 Å². The molecule has 3 amide bonds. The van der Waals surface area contributed by atoms with E-state index >= 15 is 0 Å². The van der Waals surface area contributed by atoms with Crippen LogP contribution in [0.5, 0.6) is 0 Å². The number of nitrogens with zero attached hydrogens (tertiary/aromatic N) is 4. The van der Waals surface area contributed by atoms with E-state index in [1.54, 1.807) is 12.1 Å². The number of nitrogens with two attached hydrogens (primary N) is 1. The number of hydrogen-bond donors (Lipinski definition) is 2. The molecule has 1 saturated carbocycles. The summed E-state index contributed by atoms with van der Waals surface area (Å²) in [6, 6.07) is 12.1. The summed E-state index contributed by atoms with van der Waals surface area (Å²) < 4.78 is 51.9. The zero-order chi connectivity index (χ0) is 31.8. The number of amides is 3. The summed E-state index contributed by atoms with van der Waals surface area (Å²) in [4.78, 5) is 47.5. The first-order valence-corrected chi connectivity index (χ1v) is 15.3. The van der Waals surface area contributed by atoms with Crippen LogP contribution >= 0.6 is 11.6 Å². The lowest BCUT2D eigenvalue weighted by Crippen LogP contribution is -2.56. The molecule has 1 aromatic heterocycles. The molecule has 2 aromatic carbocycles. The Morgan fingerprint density at radius 3 is 2.55 bits per heavy atom. The number of carbonyl (C=O) groups excluding carboxylic acids is 3. The van der Waals surface area contributed by atoms with Gasteiger partial charge in [-0.25, -0.2) is 27.3 Å². The van der Waals surface area contributed by atoms with Gasteiger partial charge in [-0.15, -0.1) is 0 Å². The van der Waals surface area contributed by atoms with Gasteiger partial charge in [0.1, 0.15) is 17.9 Å². The molecule has 2 aliphatic rings. The van der Waals surface area contributed by atoms with Gasteiger partial charge < -0.3 is 5.32 Å². The van der Waals surface area contributed by atoms with E-state index in [1.165, 1.54) is 48.7 Å².